The molecule has 0 N–H and O–H groups in total. The fraction of sp³-hybridized carbons (Fsp3) is 0.100. The normalized spacial score (nSPS) is 9.31. The van der Waals surface area contributed by atoms with Crippen molar-refractivity contribution in [2.45, 2.75) is 0 Å². The lowest BCUT2D eigenvalue weighted by atomic mass is 10.2. The average molecular weight is 587 g/mol. The molecule has 6 rings (SSSR count). The number of benzene rings is 3. The van der Waals surface area contributed by atoms with Crippen molar-refractivity contribution < 1.29 is 65.9 Å². The van der Waals surface area contributed by atoms with Crippen LogP contribution in [-0.2, 0) is 0 Å². The molecular formula is C30H30Cl3N3O3. The Morgan fingerprint density at radius 3 is 0.846 bits per heavy atom. The van der Waals surface area contributed by atoms with Gasteiger partial charge in [0.05, 0.1) is 16.2 Å². The van der Waals surface area contributed by atoms with Crippen LogP contribution < -0.4 is 65.9 Å². The second-order valence-corrected chi connectivity index (χ2v) is 7.73. The van der Waals surface area contributed by atoms with Gasteiger partial charge in [0.15, 0.2) is 0 Å². The summed E-state index contributed by atoms with van der Waals surface area (Å²) in [6.45, 7) is 0. The van der Waals surface area contributed by atoms with Crippen LogP contribution >= 0.6 is 0 Å². The van der Waals surface area contributed by atoms with Crippen molar-refractivity contribution in [3.05, 3.63) is 128 Å². The summed E-state index contributed by atoms with van der Waals surface area (Å²) < 4.78 is 5.24. The van der Waals surface area contributed by atoms with Crippen LogP contribution in [-0.4, -0.2) is 21.3 Å². The summed E-state index contributed by atoms with van der Waals surface area (Å²) >= 11 is 0. The third-order valence-corrected chi connectivity index (χ3v) is 5.60. The maximum absolute atomic E-state index is 5.14. The molecule has 0 aliphatic carbocycles. The first kappa shape index (κ1) is 33.2. The highest BCUT2D eigenvalue weighted by Crippen LogP contribution is 2.08. The fourth-order valence-corrected chi connectivity index (χ4v) is 3.88. The Morgan fingerprint density at radius 1 is 0.359 bits per heavy atom. The Bertz CT molecular complexity index is 1380. The molecule has 6 aromatic rings. The molecular weight excluding hydrogens is 557 g/mol. The number of hydrogen-bond acceptors (Lipinski definition) is 3. The van der Waals surface area contributed by atoms with Crippen LogP contribution in [0.25, 0.3) is 32.7 Å². The molecule has 0 unspecified atom stereocenters. The standard InChI is InChI=1S/3C10H10NO.3ClH/c3*1-12-11-8-4-6-9-5-2-3-7-10(9)11;;;/h3*2-8H,1H3;3*1H/q3*+1;;;/p-3. The Labute approximate surface area is 247 Å². The summed E-state index contributed by atoms with van der Waals surface area (Å²) in [4.78, 5) is 15.4. The van der Waals surface area contributed by atoms with E-state index >= 15 is 0 Å². The number of rotatable bonds is 3. The minimum atomic E-state index is 0. The molecule has 0 bridgehead atoms. The molecule has 0 fully saturated rings. The molecule has 6 nitrogen and oxygen atoms in total. The second kappa shape index (κ2) is 16.9. The van der Waals surface area contributed by atoms with E-state index in [9.17, 15) is 0 Å². The molecule has 0 amide bonds. The average Bonchev–Trinajstić information content (AvgIpc) is 2.97. The Kier molecular flexibility index (Phi) is 14.4. The SMILES string of the molecule is CO[n+]1cccc2ccccc21.CO[n+]1cccc2ccccc21.CO[n+]1cccc2ccccc21.[Cl-].[Cl-].[Cl-]. The Morgan fingerprint density at radius 2 is 0.590 bits per heavy atom. The maximum atomic E-state index is 5.14. The van der Waals surface area contributed by atoms with E-state index in [-0.39, 0.29) is 37.2 Å². The highest BCUT2D eigenvalue weighted by molar-refractivity contribution is 5.76. The molecule has 0 atom stereocenters. The smallest absolute Gasteiger partial charge is 0.264 e. The van der Waals surface area contributed by atoms with Gasteiger partial charge in [0, 0.05) is 50.6 Å². The zero-order chi connectivity index (χ0) is 25.2. The molecule has 3 aromatic carbocycles. The first-order chi connectivity index (χ1) is 17.7. The number of para-hydroxylation sites is 3. The summed E-state index contributed by atoms with van der Waals surface area (Å²) in [5.74, 6) is 0. The van der Waals surface area contributed by atoms with Crippen LogP contribution in [0.5, 0.6) is 0 Å². The van der Waals surface area contributed by atoms with Gasteiger partial charge in [0.1, 0.15) is 21.3 Å². The minimum absolute atomic E-state index is 0. The molecule has 0 aliphatic rings. The summed E-state index contributed by atoms with van der Waals surface area (Å²) in [5.41, 5.74) is 3.26. The zero-order valence-corrected chi connectivity index (χ0v) is 24.1. The van der Waals surface area contributed by atoms with Crippen LogP contribution in [0.2, 0.25) is 0 Å². The van der Waals surface area contributed by atoms with Crippen LogP contribution in [0.15, 0.2) is 128 Å². The van der Waals surface area contributed by atoms with Gasteiger partial charge in [-0.2, -0.15) is 0 Å². The number of aromatic nitrogens is 3. The Hall–Kier alpha value is -3.84. The monoisotopic (exact) mass is 585 g/mol. The summed E-state index contributed by atoms with van der Waals surface area (Å²) in [6, 6.07) is 36.4. The van der Waals surface area contributed by atoms with Gasteiger partial charge in [0.2, 0.25) is 18.6 Å². The van der Waals surface area contributed by atoms with E-state index < -0.39 is 0 Å². The van der Waals surface area contributed by atoms with Crippen molar-refractivity contribution in [3.63, 3.8) is 0 Å². The summed E-state index contributed by atoms with van der Waals surface area (Å²) in [7, 11) is 4.98. The number of nitrogens with zero attached hydrogens (tertiary/aromatic N) is 3. The quantitative estimate of drug-likeness (QED) is 0.195. The van der Waals surface area contributed by atoms with Crippen molar-refractivity contribution in [1.82, 2.24) is 0 Å². The number of pyridine rings is 3. The zero-order valence-electron chi connectivity index (χ0n) is 21.8. The van der Waals surface area contributed by atoms with Crippen LogP contribution in [0.4, 0.5) is 0 Å². The molecule has 3 heterocycles. The van der Waals surface area contributed by atoms with Crippen molar-refractivity contribution in [3.8, 4) is 0 Å². The first-order valence-corrected chi connectivity index (χ1v) is 11.6. The van der Waals surface area contributed by atoms with Gasteiger partial charge in [-0.25, -0.2) is 0 Å². The van der Waals surface area contributed by atoms with Gasteiger partial charge in [0.25, 0.3) is 16.6 Å². The highest BCUT2D eigenvalue weighted by Gasteiger charge is 2.07. The number of hydrogen-bond donors (Lipinski definition) is 0. The van der Waals surface area contributed by atoms with Gasteiger partial charge in [-0.15, -0.1) is 0 Å². The maximum Gasteiger partial charge on any atom is 0.264 e. The lowest BCUT2D eigenvalue weighted by molar-refractivity contribution is -0.865. The molecule has 0 aliphatic heterocycles. The van der Waals surface area contributed by atoms with Crippen LogP contribution in [0, 0.1) is 0 Å². The van der Waals surface area contributed by atoms with Crippen molar-refractivity contribution in [2.24, 2.45) is 0 Å². The molecule has 0 radical (unpaired) electrons. The van der Waals surface area contributed by atoms with Gasteiger partial charge < -0.3 is 37.2 Å². The van der Waals surface area contributed by atoms with E-state index in [1.54, 1.807) is 35.5 Å². The van der Waals surface area contributed by atoms with E-state index in [2.05, 4.69) is 36.4 Å². The molecule has 39 heavy (non-hydrogen) atoms. The largest absolute Gasteiger partial charge is 1.00 e. The van der Waals surface area contributed by atoms with Crippen molar-refractivity contribution in [1.29, 1.82) is 0 Å². The number of fused-ring (bicyclic) bond motifs is 3. The molecule has 9 heteroatoms. The highest BCUT2D eigenvalue weighted by atomic mass is 35.5. The minimum Gasteiger partial charge on any atom is -1.00 e. The van der Waals surface area contributed by atoms with E-state index in [0.29, 0.717) is 0 Å². The van der Waals surface area contributed by atoms with E-state index in [0.717, 1.165) is 16.6 Å². The molecule has 0 saturated heterocycles. The van der Waals surface area contributed by atoms with Crippen LogP contribution in [0.3, 0.4) is 0 Å². The number of halogens is 3. The predicted molar refractivity (Wildman–Crippen MR) is 140 cm³/mol. The van der Waals surface area contributed by atoms with E-state index in [4.69, 9.17) is 14.5 Å². The Balaban J connectivity index is 0.000000282. The summed E-state index contributed by atoms with van der Waals surface area (Å²) in [5, 5.41) is 3.55. The van der Waals surface area contributed by atoms with Gasteiger partial charge in [-0.1, -0.05) is 36.4 Å². The van der Waals surface area contributed by atoms with Crippen molar-refractivity contribution >= 4 is 32.7 Å². The van der Waals surface area contributed by atoms with E-state index in [1.807, 2.05) is 91.4 Å². The van der Waals surface area contributed by atoms with Gasteiger partial charge in [-0.05, 0) is 36.4 Å². The molecule has 3 aromatic heterocycles. The topological polar surface area (TPSA) is 39.3 Å². The third kappa shape index (κ3) is 8.32. The van der Waals surface area contributed by atoms with Crippen molar-refractivity contribution in [2.75, 3.05) is 21.3 Å². The second-order valence-electron chi connectivity index (χ2n) is 7.73. The fourth-order valence-electron chi connectivity index (χ4n) is 3.88. The molecule has 0 saturated carbocycles. The predicted octanol–water partition coefficient (Wildman–Crippen LogP) is -5.43. The third-order valence-electron chi connectivity index (χ3n) is 5.60. The van der Waals surface area contributed by atoms with Gasteiger partial charge >= 0.3 is 0 Å². The molecule has 0 spiro atoms. The van der Waals surface area contributed by atoms with Crippen LogP contribution in [0.1, 0.15) is 0 Å². The molecule has 204 valence electrons. The lowest BCUT2D eigenvalue weighted by Crippen LogP contribution is -3.00. The lowest BCUT2D eigenvalue weighted by Gasteiger charge is -1.94. The summed E-state index contributed by atoms with van der Waals surface area (Å²) in [6.07, 6.45) is 5.67. The van der Waals surface area contributed by atoms with Gasteiger partial charge in [-0.3, -0.25) is 14.5 Å². The first-order valence-electron chi connectivity index (χ1n) is 11.6. The van der Waals surface area contributed by atoms with E-state index in [1.165, 1.54) is 16.2 Å².